The lowest BCUT2D eigenvalue weighted by Gasteiger charge is -2.14. The Balaban J connectivity index is 2.91. The van der Waals surface area contributed by atoms with Crippen LogP contribution in [0, 0.1) is 0 Å². The second kappa shape index (κ2) is 4.88. The molecule has 0 aliphatic rings. The van der Waals surface area contributed by atoms with E-state index < -0.39 is 12.7 Å². The third kappa shape index (κ3) is 2.65. The molecule has 0 saturated heterocycles. The molecule has 1 rings (SSSR count). The maximum absolute atomic E-state index is 12.0. The SMILES string of the molecule is CC(NO)c1ccccc1OC(F)F. The number of hydroxylamine groups is 1. The van der Waals surface area contributed by atoms with Crippen molar-refractivity contribution in [3.8, 4) is 5.75 Å². The summed E-state index contributed by atoms with van der Waals surface area (Å²) in [5, 5.41) is 8.65. The third-order valence-electron chi connectivity index (χ3n) is 1.80. The molecule has 0 fully saturated rings. The van der Waals surface area contributed by atoms with Crippen LogP contribution in [0.15, 0.2) is 24.3 Å². The molecule has 0 saturated carbocycles. The number of alkyl halides is 2. The number of para-hydroxylation sites is 1. The van der Waals surface area contributed by atoms with Crippen LogP contribution in [0.2, 0.25) is 0 Å². The van der Waals surface area contributed by atoms with Gasteiger partial charge in [-0.1, -0.05) is 18.2 Å². The van der Waals surface area contributed by atoms with Gasteiger partial charge in [0.25, 0.3) is 0 Å². The molecule has 0 aliphatic heterocycles. The average molecular weight is 203 g/mol. The first-order chi connectivity index (χ1) is 6.65. The zero-order valence-corrected chi connectivity index (χ0v) is 7.58. The Hall–Kier alpha value is -1.20. The summed E-state index contributed by atoms with van der Waals surface area (Å²) in [6.45, 7) is -1.23. The molecular formula is C9H11F2NO2. The largest absolute Gasteiger partial charge is 0.434 e. The molecule has 0 bridgehead atoms. The van der Waals surface area contributed by atoms with Crippen LogP contribution in [0.4, 0.5) is 8.78 Å². The average Bonchev–Trinajstić information content (AvgIpc) is 2.16. The van der Waals surface area contributed by atoms with Crippen LogP contribution >= 0.6 is 0 Å². The second-order valence-corrected chi connectivity index (χ2v) is 2.77. The van der Waals surface area contributed by atoms with E-state index in [2.05, 4.69) is 4.74 Å². The topological polar surface area (TPSA) is 41.5 Å². The minimum Gasteiger partial charge on any atom is -0.434 e. The molecule has 1 atom stereocenters. The van der Waals surface area contributed by atoms with Crippen molar-refractivity contribution >= 4 is 0 Å². The quantitative estimate of drug-likeness (QED) is 0.738. The number of hydrogen-bond donors (Lipinski definition) is 2. The number of rotatable bonds is 4. The van der Waals surface area contributed by atoms with Crippen molar-refractivity contribution < 1.29 is 18.7 Å². The maximum Gasteiger partial charge on any atom is 0.387 e. The molecule has 1 aromatic carbocycles. The summed E-state index contributed by atoms with van der Waals surface area (Å²) in [6.07, 6.45) is 0. The summed E-state index contributed by atoms with van der Waals surface area (Å²) >= 11 is 0. The summed E-state index contributed by atoms with van der Waals surface area (Å²) in [6, 6.07) is 5.85. The first-order valence-corrected chi connectivity index (χ1v) is 4.08. The molecule has 0 amide bonds. The molecule has 1 aromatic rings. The van der Waals surface area contributed by atoms with E-state index in [1.165, 1.54) is 6.07 Å². The van der Waals surface area contributed by atoms with Gasteiger partial charge < -0.3 is 9.94 Å². The minimum atomic E-state index is -2.86. The van der Waals surface area contributed by atoms with Crippen LogP contribution in [-0.2, 0) is 0 Å². The number of nitrogens with one attached hydrogen (secondary N) is 1. The van der Waals surface area contributed by atoms with Crippen LogP contribution in [-0.4, -0.2) is 11.8 Å². The lowest BCUT2D eigenvalue weighted by molar-refractivity contribution is -0.0510. The molecule has 1 unspecified atom stereocenters. The Kier molecular flexibility index (Phi) is 3.79. The highest BCUT2D eigenvalue weighted by Crippen LogP contribution is 2.25. The highest BCUT2D eigenvalue weighted by Gasteiger charge is 2.13. The molecule has 3 nitrogen and oxygen atoms in total. The number of hydrogen-bond acceptors (Lipinski definition) is 3. The molecular weight excluding hydrogens is 192 g/mol. The van der Waals surface area contributed by atoms with Crippen molar-refractivity contribution in [3.63, 3.8) is 0 Å². The molecule has 0 radical (unpaired) electrons. The van der Waals surface area contributed by atoms with Gasteiger partial charge in [0.05, 0.1) is 6.04 Å². The lowest BCUT2D eigenvalue weighted by atomic mass is 10.1. The van der Waals surface area contributed by atoms with Gasteiger partial charge in [-0.05, 0) is 13.0 Å². The van der Waals surface area contributed by atoms with Gasteiger partial charge in [-0.3, -0.25) is 0 Å². The molecule has 0 aliphatic carbocycles. The molecule has 5 heteroatoms. The standard InChI is InChI=1S/C9H11F2NO2/c1-6(12-13)7-4-2-3-5-8(7)14-9(10)11/h2-6,9,12-13H,1H3. The smallest absolute Gasteiger partial charge is 0.387 e. The Morgan fingerprint density at radius 1 is 1.36 bits per heavy atom. The summed E-state index contributed by atoms with van der Waals surface area (Å²) in [5.74, 6) is 0.0663. The molecule has 78 valence electrons. The Morgan fingerprint density at radius 3 is 2.57 bits per heavy atom. The maximum atomic E-state index is 12.0. The fourth-order valence-corrected chi connectivity index (χ4v) is 1.11. The number of halogens is 2. The Morgan fingerprint density at radius 2 is 2.00 bits per heavy atom. The Bertz CT molecular complexity index is 294. The summed E-state index contributed by atoms with van der Waals surface area (Å²) in [5.41, 5.74) is 2.45. The van der Waals surface area contributed by atoms with Gasteiger partial charge in [-0.15, -0.1) is 0 Å². The van der Waals surface area contributed by atoms with E-state index in [9.17, 15) is 8.78 Å². The number of benzene rings is 1. The molecule has 2 N–H and O–H groups in total. The summed E-state index contributed by atoms with van der Waals surface area (Å²) < 4.78 is 28.2. The zero-order valence-electron chi connectivity index (χ0n) is 7.58. The van der Waals surface area contributed by atoms with E-state index in [-0.39, 0.29) is 5.75 Å². The van der Waals surface area contributed by atoms with Gasteiger partial charge in [0.15, 0.2) is 0 Å². The van der Waals surface area contributed by atoms with E-state index in [0.717, 1.165) is 0 Å². The fourth-order valence-electron chi connectivity index (χ4n) is 1.11. The van der Waals surface area contributed by atoms with Crippen LogP contribution in [0.25, 0.3) is 0 Å². The van der Waals surface area contributed by atoms with Crippen molar-refractivity contribution in [1.82, 2.24) is 5.48 Å². The van der Waals surface area contributed by atoms with Gasteiger partial charge >= 0.3 is 6.61 Å². The minimum absolute atomic E-state index is 0.0663. The zero-order chi connectivity index (χ0) is 10.6. The summed E-state index contributed by atoms with van der Waals surface area (Å²) in [7, 11) is 0. The van der Waals surface area contributed by atoms with Crippen molar-refractivity contribution in [2.75, 3.05) is 0 Å². The van der Waals surface area contributed by atoms with Crippen molar-refractivity contribution in [2.45, 2.75) is 19.6 Å². The Labute approximate surface area is 80.3 Å². The van der Waals surface area contributed by atoms with Gasteiger partial charge in [0, 0.05) is 5.56 Å². The first kappa shape index (κ1) is 10.9. The van der Waals surface area contributed by atoms with Gasteiger partial charge in [-0.2, -0.15) is 14.3 Å². The molecule has 0 heterocycles. The van der Waals surface area contributed by atoms with Gasteiger partial charge in [-0.25, -0.2) is 0 Å². The highest BCUT2D eigenvalue weighted by atomic mass is 19.3. The predicted molar refractivity (Wildman–Crippen MR) is 46.4 cm³/mol. The fraction of sp³-hybridized carbons (Fsp3) is 0.333. The lowest BCUT2D eigenvalue weighted by Crippen LogP contribution is -2.15. The van der Waals surface area contributed by atoms with Crippen LogP contribution in [0.3, 0.4) is 0 Å². The van der Waals surface area contributed by atoms with Crippen molar-refractivity contribution in [2.24, 2.45) is 0 Å². The van der Waals surface area contributed by atoms with E-state index in [1.54, 1.807) is 25.1 Å². The van der Waals surface area contributed by atoms with Gasteiger partial charge in [0.2, 0.25) is 0 Å². The van der Waals surface area contributed by atoms with E-state index >= 15 is 0 Å². The van der Waals surface area contributed by atoms with Crippen LogP contribution in [0.5, 0.6) is 5.75 Å². The van der Waals surface area contributed by atoms with Crippen molar-refractivity contribution in [1.29, 1.82) is 0 Å². The first-order valence-electron chi connectivity index (χ1n) is 4.08. The predicted octanol–water partition coefficient (Wildman–Crippen LogP) is 2.33. The summed E-state index contributed by atoms with van der Waals surface area (Å²) in [4.78, 5) is 0. The highest BCUT2D eigenvalue weighted by molar-refractivity contribution is 5.35. The molecule has 0 spiro atoms. The third-order valence-corrected chi connectivity index (χ3v) is 1.80. The second-order valence-electron chi connectivity index (χ2n) is 2.77. The monoisotopic (exact) mass is 203 g/mol. The molecule has 14 heavy (non-hydrogen) atoms. The van der Waals surface area contributed by atoms with E-state index in [0.29, 0.717) is 5.56 Å². The van der Waals surface area contributed by atoms with Crippen LogP contribution < -0.4 is 10.2 Å². The normalized spacial score (nSPS) is 12.9. The number of ether oxygens (including phenoxy) is 1. The van der Waals surface area contributed by atoms with E-state index in [4.69, 9.17) is 5.21 Å². The molecule has 0 aromatic heterocycles. The van der Waals surface area contributed by atoms with E-state index in [1.807, 2.05) is 5.48 Å². The van der Waals surface area contributed by atoms with Gasteiger partial charge in [0.1, 0.15) is 5.75 Å². The van der Waals surface area contributed by atoms with Crippen LogP contribution in [0.1, 0.15) is 18.5 Å². The van der Waals surface area contributed by atoms with Crippen molar-refractivity contribution in [3.05, 3.63) is 29.8 Å².